The van der Waals surface area contributed by atoms with E-state index in [4.69, 9.17) is 5.73 Å². The van der Waals surface area contributed by atoms with E-state index in [1.54, 1.807) is 26.2 Å². The lowest BCUT2D eigenvalue weighted by Gasteiger charge is -2.09. The van der Waals surface area contributed by atoms with Crippen LogP contribution in [0.3, 0.4) is 0 Å². The molecule has 1 aromatic rings. The lowest BCUT2D eigenvalue weighted by Crippen LogP contribution is -2.35. The fourth-order valence-corrected chi connectivity index (χ4v) is 1.22. The normalized spacial score (nSPS) is 12.3. The van der Waals surface area contributed by atoms with E-state index in [-0.39, 0.29) is 17.2 Å². The molecular weight excluding hydrogens is 194 g/mol. The standard InChI is InChI=1S/C10H15N3O2/c1-6-4-8(10(15)13(3)5-6)12-9(14)7(2)11/h4-5,7H,11H2,1-3H3,(H,12,14). The van der Waals surface area contributed by atoms with Crippen molar-refractivity contribution < 1.29 is 4.79 Å². The quantitative estimate of drug-likeness (QED) is 0.718. The summed E-state index contributed by atoms with van der Waals surface area (Å²) in [5, 5.41) is 2.49. The number of carbonyl (C=O) groups excluding carboxylic acids is 1. The highest BCUT2D eigenvalue weighted by Gasteiger charge is 2.10. The predicted molar refractivity (Wildman–Crippen MR) is 58.7 cm³/mol. The van der Waals surface area contributed by atoms with Crippen molar-refractivity contribution in [2.75, 3.05) is 5.32 Å². The topological polar surface area (TPSA) is 77.1 Å². The maximum absolute atomic E-state index is 11.6. The Balaban J connectivity index is 3.05. The molecule has 0 aromatic carbocycles. The Kier molecular flexibility index (Phi) is 3.26. The summed E-state index contributed by atoms with van der Waals surface area (Å²) < 4.78 is 1.42. The zero-order valence-corrected chi connectivity index (χ0v) is 9.07. The van der Waals surface area contributed by atoms with Crippen LogP contribution in [-0.4, -0.2) is 16.5 Å². The molecule has 0 radical (unpaired) electrons. The van der Waals surface area contributed by atoms with Crippen molar-refractivity contribution in [2.24, 2.45) is 12.8 Å². The second-order valence-electron chi connectivity index (χ2n) is 3.63. The Morgan fingerprint density at radius 2 is 2.20 bits per heavy atom. The second-order valence-corrected chi connectivity index (χ2v) is 3.63. The summed E-state index contributed by atoms with van der Waals surface area (Å²) in [5.74, 6) is -0.363. The molecule has 0 bridgehead atoms. The van der Waals surface area contributed by atoms with E-state index in [1.807, 2.05) is 6.92 Å². The Hall–Kier alpha value is -1.62. The maximum Gasteiger partial charge on any atom is 0.274 e. The average molecular weight is 209 g/mol. The predicted octanol–water partition coefficient (Wildman–Crippen LogP) is -0.0206. The molecule has 1 atom stereocenters. The zero-order valence-electron chi connectivity index (χ0n) is 9.07. The summed E-state index contributed by atoms with van der Waals surface area (Å²) in [6.45, 7) is 3.41. The largest absolute Gasteiger partial charge is 0.320 e. The van der Waals surface area contributed by atoms with E-state index in [9.17, 15) is 9.59 Å². The summed E-state index contributed by atoms with van der Waals surface area (Å²) in [6.07, 6.45) is 1.70. The first kappa shape index (κ1) is 11.5. The molecule has 0 saturated carbocycles. The van der Waals surface area contributed by atoms with Crippen LogP contribution in [0.5, 0.6) is 0 Å². The highest BCUT2D eigenvalue weighted by atomic mass is 16.2. The number of anilines is 1. The number of carbonyl (C=O) groups is 1. The monoisotopic (exact) mass is 209 g/mol. The number of nitrogens with two attached hydrogens (primary N) is 1. The van der Waals surface area contributed by atoms with Crippen LogP contribution in [-0.2, 0) is 11.8 Å². The van der Waals surface area contributed by atoms with Crippen LogP contribution in [0.2, 0.25) is 0 Å². The summed E-state index contributed by atoms with van der Waals surface area (Å²) in [6, 6.07) is 0.998. The zero-order chi connectivity index (χ0) is 11.6. The molecule has 5 heteroatoms. The molecule has 82 valence electrons. The minimum Gasteiger partial charge on any atom is -0.320 e. The van der Waals surface area contributed by atoms with Crippen molar-refractivity contribution in [1.29, 1.82) is 0 Å². The summed E-state index contributed by atoms with van der Waals surface area (Å²) in [7, 11) is 1.64. The molecule has 0 spiro atoms. The van der Waals surface area contributed by atoms with Gasteiger partial charge in [-0.1, -0.05) is 0 Å². The van der Waals surface area contributed by atoms with Gasteiger partial charge in [-0.15, -0.1) is 0 Å². The third kappa shape index (κ3) is 2.66. The second kappa shape index (κ2) is 4.27. The van der Waals surface area contributed by atoms with Gasteiger partial charge in [0.2, 0.25) is 5.91 Å². The van der Waals surface area contributed by atoms with Gasteiger partial charge in [0.15, 0.2) is 0 Å². The van der Waals surface area contributed by atoms with Gasteiger partial charge in [-0.3, -0.25) is 9.59 Å². The van der Waals surface area contributed by atoms with E-state index in [1.165, 1.54) is 4.57 Å². The van der Waals surface area contributed by atoms with E-state index in [0.29, 0.717) is 0 Å². The number of rotatable bonds is 2. The molecule has 5 nitrogen and oxygen atoms in total. The SMILES string of the molecule is Cc1cc(NC(=O)C(C)N)c(=O)n(C)c1. The molecule has 3 N–H and O–H groups in total. The van der Waals surface area contributed by atoms with Gasteiger partial charge in [0.1, 0.15) is 5.69 Å². The van der Waals surface area contributed by atoms with E-state index in [2.05, 4.69) is 5.32 Å². The smallest absolute Gasteiger partial charge is 0.274 e. The van der Waals surface area contributed by atoms with Gasteiger partial charge >= 0.3 is 0 Å². The molecule has 1 amide bonds. The van der Waals surface area contributed by atoms with Gasteiger partial charge in [-0.2, -0.15) is 0 Å². The fourth-order valence-electron chi connectivity index (χ4n) is 1.22. The van der Waals surface area contributed by atoms with Crippen LogP contribution in [0, 0.1) is 6.92 Å². The molecule has 1 unspecified atom stereocenters. The Labute approximate surface area is 87.9 Å². The highest BCUT2D eigenvalue weighted by Crippen LogP contribution is 2.03. The average Bonchev–Trinajstić information content (AvgIpc) is 2.13. The number of hydrogen-bond acceptors (Lipinski definition) is 3. The van der Waals surface area contributed by atoms with Crippen molar-refractivity contribution in [3.63, 3.8) is 0 Å². The molecule has 0 aliphatic carbocycles. The molecule has 1 heterocycles. The van der Waals surface area contributed by atoms with Crippen LogP contribution in [0.15, 0.2) is 17.1 Å². The lowest BCUT2D eigenvalue weighted by atomic mass is 10.2. The minimum absolute atomic E-state index is 0.241. The van der Waals surface area contributed by atoms with E-state index in [0.717, 1.165) is 5.56 Å². The van der Waals surface area contributed by atoms with Gasteiger partial charge in [0.05, 0.1) is 6.04 Å². The molecule has 0 aliphatic heterocycles. The van der Waals surface area contributed by atoms with E-state index >= 15 is 0 Å². The fraction of sp³-hybridized carbons (Fsp3) is 0.400. The molecule has 0 aliphatic rings. The lowest BCUT2D eigenvalue weighted by molar-refractivity contribution is -0.117. The van der Waals surface area contributed by atoms with Crippen molar-refractivity contribution in [2.45, 2.75) is 19.9 Å². The summed E-state index contributed by atoms with van der Waals surface area (Å²) in [4.78, 5) is 22.9. The first-order valence-corrected chi connectivity index (χ1v) is 4.65. The van der Waals surface area contributed by atoms with E-state index < -0.39 is 6.04 Å². The molecule has 0 fully saturated rings. The van der Waals surface area contributed by atoms with Crippen LogP contribution in [0.4, 0.5) is 5.69 Å². The highest BCUT2D eigenvalue weighted by molar-refractivity contribution is 5.94. The Morgan fingerprint density at radius 3 is 2.73 bits per heavy atom. The third-order valence-corrected chi connectivity index (χ3v) is 1.99. The minimum atomic E-state index is -0.629. The van der Waals surface area contributed by atoms with Crippen molar-refractivity contribution in [1.82, 2.24) is 4.57 Å². The first-order valence-electron chi connectivity index (χ1n) is 4.65. The first-order chi connectivity index (χ1) is 6.91. The number of hydrogen-bond donors (Lipinski definition) is 2. The van der Waals surface area contributed by atoms with Crippen LogP contribution in [0.1, 0.15) is 12.5 Å². The van der Waals surface area contributed by atoms with Gasteiger partial charge in [-0.25, -0.2) is 0 Å². The molecule has 0 saturated heterocycles. The number of aryl methyl sites for hydroxylation is 2. The van der Waals surface area contributed by atoms with Gasteiger partial charge < -0.3 is 15.6 Å². The number of pyridine rings is 1. The summed E-state index contributed by atoms with van der Waals surface area (Å²) in [5.41, 5.74) is 6.31. The molecule has 15 heavy (non-hydrogen) atoms. The van der Waals surface area contributed by atoms with Crippen LogP contribution < -0.4 is 16.6 Å². The maximum atomic E-state index is 11.6. The van der Waals surface area contributed by atoms with Crippen molar-refractivity contribution in [3.8, 4) is 0 Å². The van der Waals surface area contributed by atoms with Crippen molar-refractivity contribution >= 4 is 11.6 Å². The van der Waals surface area contributed by atoms with Crippen LogP contribution in [0.25, 0.3) is 0 Å². The number of nitrogens with zero attached hydrogens (tertiary/aromatic N) is 1. The van der Waals surface area contributed by atoms with Crippen LogP contribution >= 0.6 is 0 Å². The number of aromatic nitrogens is 1. The molecule has 1 aromatic heterocycles. The Bertz CT molecular complexity index is 435. The third-order valence-electron chi connectivity index (χ3n) is 1.99. The number of amides is 1. The number of nitrogens with one attached hydrogen (secondary N) is 1. The van der Waals surface area contributed by atoms with Gasteiger partial charge in [-0.05, 0) is 25.5 Å². The molecule has 1 rings (SSSR count). The van der Waals surface area contributed by atoms with Crippen molar-refractivity contribution in [3.05, 3.63) is 28.2 Å². The Morgan fingerprint density at radius 1 is 1.60 bits per heavy atom. The summed E-state index contributed by atoms with van der Waals surface area (Å²) >= 11 is 0. The van der Waals surface area contributed by atoms with Gasteiger partial charge in [0.25, 0.3) is 5.56 Å². The van der Waals surface area contributed by atoms with Gasteiger partial charge in [0, 0.05) is 13.2 Å². The molecular formula is C10H15N3O2.